The van der Waals surface area contributed by atoms with Crippen LogP contribution < -0.4 is 5.32 Å². The van der Waals surface area contributed by atoms with Crippen LogP contribution in [0.25, 0.3) is 0 Å². The number of alkyl halides is 1. The average molecular weight is 266 g/mol. The van der Waals surface area contributed by atoms with Gasteiger partial charge in [-0.3, -0.25) is 9.59 Å². The summed E-state index contributed by atoms with van der Waals surface area (Å²) >= 11 is 7.20. The van der Waals surface area contributed by atoms with Crippen molar-refractivity contribution < 1.29 is 9.59 Å². The van der Waals surface area contributed by atoms with Crippen LogP contribution in [0.1, 0.15) is 6.42 Å². The molecule has 1 aromatic rings. The van der Waals surface area contributed by atoms with Gasteiger partial charge in [0, 0.05) is 11.3 Å². The highest BCUT2D eigenvalue weighted by molar-refractivity contribution is 8.04. The van der Waals surface area contributed by atoms with Crippen molar-refractivity contribution in [3.8, 4) is 0 Å². The van der Waals surface area contributed by atoms with Crippen LogP contribution in [0.3, 0.4) is 0 Å². The SMILES string of the molecule is O=C1CC(Cl)C(=O)C2=C1Sc1ccccc1N2. The van der Waals surface area contributed by atoms with Gasteiger partial charge in [0.25, 0.3) is 0 Å². The first-order valence-electron chi connectivity index (χ1n) is 5.16. The molecule has 3 rings (SSSR count). The van der Waals surface area contributed by atoms with Crippen molar-refractivity contribution in [2.45, 2.75) is 16.7 Å². The van der Waals surface area contributed by atoms with Crippen molar-refractivity contribution in [3.05, 3.63) is 34.9 Å². The highest BCUT2D eigenvalue weighted by Gasteiger charge is 2.36. The molecule has 5 heteroatoms. The number of allylic oxidation sites excluding steroid dienone is 2. The number of hydrogen-bond donors (Lipinski definition) is 1. The van der Waals surface area contributed by atoms with Gasteiger partial charge in [0.05, 0.1) is 10.6 Å². The number of thioether (sulfide) groups is 1. The van der Waals surface area contributed by atoms with Crippen LogP contribution in [0.4, 0.5) is 5.69 Å². The molecule has 0 radical (unpaired) electrons. The Bertz CT molecular complexity index is 567. The summed E-state index contributed by atoms with van der Waals surface area (Å²) in [4.78, 5) is 25.2. The van der Waals surface area contributed by atoms with Crippen LogP contribution in [0.5, 0.6) is 0 Å². The van der Waals surface area contributed by atoms with Crippen LogP contribution in [-0.2, 0) is 9.59 Å². The van der Waals surface area contributed by atoms with Gasteiger partial charge in [0.2, 0.25) is 0 Å². The van der Waals surface area contributed by atoms with Crippen molar-refractivity contribution in [1.82, 2.24) is 0 Å². The number of para-hydroxylation sites is 1. The topological polar surface area (TPSA) is 46.2 Å². The van der Waals surface area contributed by atoms with E-state index in [-0.39, 0.29) is 18.0 Å². The number of carbonyl (C=O) groups is 2. The lowest BCUT2D eigenvalue weighted by atomic mass is 10.0. The first-order valence-corrected chi connectivity index (χ1v) is 6.42. The number of halogens is 1. The van der Waals surface area contributed by atoms with Gasteiger partial charge < -0.3 is 5.32 Å². The molecule has 0 fully saturated rings. The first kappa shape index (κ1) is 10.9. The first-order chi connectivity index (χ1) is 8.16. The molecule has 86 valence electrons. The summed E-state index contributed by atoms with van der Waals surface area (Å²) in [6.07, 6.45) is 0.0933. The lowest BCUT2D eigenvalue weighted by Gasteiger charge is -2.27. The molecule has 1 aliphatic carbocycles. The number of Topliss-reactive ketones (excluding diaryl/α,β-unsaturated/α-hetero) is 2. The Morgan fingerprint density at radius 3 is 2.88 bits per heavy atom. The maximum Gasteiger partial charge on any atom is 0.198 e. The second kappa shape index (κ2) is 3.89. The summed E-state index contributed by atoms with van der Waals surface area (Å²) in [5, 5.41) is 2.28. The van der Waals surface area contributed by atoms with Gasteiger partial charge in [-0.05, 0) is 12.1 Å². The fraction of sp³-hybridized carbons (Fsp3) is 0.167. The Morgan fingerprint density at radius 1 is 1.29 bits per heavy atom. The lowest BCUT2D eigenvalue weighted by Crippen LogP contribution is -2.33. The van der Waals surface area contributed by atoms with E-state index in [2.05, 4.69) is 5.32 Å². The summed E-state index contributed by atoms with van der Waals surface area (Å²) in [6, 6.07) is 7.58. The molecule has 0 spiro atoms. The van der Waals surface area contributed by atoms with Crippen LogP contribution in [-0.4, -0.2) is 16.9 Å². The Hall–Kier alpha value is -1.26. The van der Waals surface area contributed by atoms with Crippen molar-refractivity contribution in [3.63, 3.8) is 0 Å². The highest BCUT2D eigenvalue weighted by Crippen LogP contribution is 2.43. The van der Waals surface area contributed by atoms with E-state index in [0.29, 0.717) is 10.6 Å². The number of carbonyl (C=O) groups excluding carboxylic acids is 2. The van der Waals surface area contributed by atoms with E-state index in [0.717, 1.165) is 10.6 Å². The summed E-state index contributed by atoms with van der Waals surface area (Å²) in [7, 11) is 0. The van der Waals surface area contributed by atoms with Gasteiger partial charge in [-0.1, -0.05) is 23.9 Å². The monoisotopic (exact) mass is 265 g/mol. The lowest BCUT2D eigenvalue weighted by molar-refractivity contribution is -0.121. The van der Waals surface area contributed by atoms with Gasteiger partial charge in [0.1, 0.15) is 11.1 Å². The maximum atomic E-state index is 11.9. The number of anilines is 1. The third kappa shape index (κ3) is 1.68. The van der Waals surface area contributed by atoms with Gasteiger partial charge in [-0.25, -0.2) is 0 Å². The van der Waals surface area contributed by atoms with Crippen LogP contribution in [0.2, 0.25) is 0 Å². The molecule has 0 amide bonds. The number of nitrogens with one attached hydrogen (secondary N) is 1. The standard InChI is InChI=1S/C12H8ClNO2S/c13-6-5-8(15)12-10(11(6)16)14-7-3-1-2-4-9(7)17-12/h1-4,6,14H,5H2. The van der Waals surface area contributed by atoms with E-state index in [9.17, 15) is 9.59 Å². The summed E-state index contributed by atoms with van der Waals surface area (Å²) in [5.41, 5.74) is 1.20. The summed E-state index contributed by atoms with van der Waals surface area (Å²) < 4.78 is 0. The molecular formula is C12H8ClNO2S. The maximum absolute atomic E-state index is 11.9. The summed E-state index contributed by atoms with van der Waals surface area (Å²) in [5.74, 6) is -0.255. The van der Waals surface area contributed by atoms with Gasteiger partial charge in [-0.15, -0.1) is 11.6 Å². The van der Waals surface area contributed by atoms with Gasteiger partial charge in [-0.2, -0.15) is 0 Å². The molecule has 1 N–H and O–H groups in total. The van der Waals surface area contributed by atoms with Crippen LogP contribution in [0, 0.1) is 0 Å². The predicted octanol–water partition coefficient (Wildman–Crippen LogP) is 2.57. The van der Waals surface area contributed by atoms with Gasteiger partial charge >= 0.3 is 0 Å². The third-order valence-electron chi connectivity index (χ3n) is 2.73. The molecule has 1 heterocycles. The number of fused-ring (bicyclic) bond motifs is 1. The Balaban J connectivity index is 2.09. The normalized spacial score (nSPS) is 23.0. The van der Waals surface area contributed by atoms with Gasteiger partial charge in [0.15, 0.2) is 11.6 Å². The predicted molar refractivity (Wildman–Crippen MR) is 67.2 cm³/mol. The molecule has 0 saturated heterocycles. The second-order valence-corrected chi connectivity index (χ2v) is 5.47. The Morgan fingerprint density at radius 2 is 2.06 bits per heavy atom. The summed E-state index contributed by atoms with van der Waals surface area (Å²) in [6.45, 7) is 0. The largest absolute Gasteiger partial charge is 0.351 e. The van der Waals surface area contributed by atoms with E-state index in [1.165, 1.54) is 11.8 Å². The molecule has 1 aliphatic heterocycles. The number of ketones is 2. The molecule has 17 heavy (non-hydrogen) atoms. The number of benzene rings is 1. The molecule has 1 atom stereocenters. The Kier molecular flexibility index (Phi) is 2.49. The second-order valence-electron chi connectivity index (χ2n) is 3.89. The van der Waals surface area contributed by atoms with Crippen LogP contribution >= 0.6 is 23.4 Å². The molecule has 3 nitrogen and oxygen atoms in total. The van der Waals surface area contributed by atoms with Crippen molar-refractivity contribution >= 4 is 40.6 Å². The molecule has 0 bridgehead atoms. The minimum atomic E-state index is -0.736. The molecule has 1 unspecified atom stereocenters. The fourth-order valence-electron chi connectivity index (χ4n) is 1.89. The number of hydrogen-bond acceptors (Lipinski definition) is 4. The molecule has 0 saturated carbocycles. The highest BCUT2D eigenvalue weighted by atomic mass is 35.5. The molecule has 1 aromatic carbocycles. The Labute approximate surface area is 107 Å². The molecule has 2 aliphatic rings. The zero-order chi connectivity index (χ0) is 12.0. The van der Waals surface area contributed by atoms with E-state index < -0.39 is 5.38 Å². The smallest absolute Gasteiger partial charge is 0.198 e. The van der Waals surface area contributed by atoms with Crippen LogP contribution in [0.15, 0.2) is 39.8 Å². The molecular weight excluding hydrogens is 258 g/mol. The van der Waals surface area contributed by atoms with E-state index in [1.54, 1.807) is 0 Å². The quantitative estimate of drug-likeness (QED) is 0.733. The fourth-order valence-corrected chi connectivity index (χ4v) is 3.18. The molecule has 0 aromatic heterocycles. The van der Waals surface area contributed by atoms with E-state index in [1.807, 2.05) is 24.3 Å². The minimum Gasteiger partial charge on any atom is -0.351 e. The van der Waals surface area contributed by atoms with Crippen molar-refractivity contribution in [2.24, 2.45) is 0 Å². The van der Waals surface area contributed by atoms with E-state index in [4.69, 9.17) is 11.6 Å². The zero-order valence-corrected chi connectivity index (χ0v) is 10.3. The van der Waals surface area contributed by atoms with E-state index >= 15 is 0 Å². The zero-order valence-electron chi connectivity index (χ0n) is 8.70. The average Bonchev–Trinajstić information content (AvgIpc) is 2.34. The minimum absolute atomic E-state index is 0.0633. The third-order valence-corrected chi connectivity index (χ3v) is 4.30. The van der Waals surface area contributed by atoms with Crippen molar-refractivity contribution in [2.75, 3.05) is 5.32 Å². The van der Waals surface area contributed by atoms with Crippen molar-refractivity contribution in [1.29, 1.82) is 0 Å². The number of rotatable bonds is 0.